The molecule has 0 saturated heterocycles. The van der Waals surface area contributed by atoms with E-state index in [2.05, 4.69) is 9.97 Å². The van der Waals surface area contributed by atoms with E-state index >= 15 is 0 Å². The Hall–Kier alpha value is -1.88. The Bertz CT molecular complexity index is 706. The summed E-state index contributed by atoms with van der Waals surface area (Å²) in [6.45, 7) is 2.37. The highest BCUT2D eigenvalue weighted by atomic mass is 35.5. The third-order valence-corrected chi connectivity index (χ3v) is 3.36. The molecule has 20 heavy (non-hydrogen) atoms. The Labute approximate surface area is 121 Å². The number of aromatic amines is 1. The minimum absolute atomic E-state index is 0.389. The molecule has 0 aliphatic carbocycles. The van der Waals surface area contributed by atoms with Gasteiger partial charge in [0.15, 0.2) is 0 Å². The van der Waals surface area contributed by atoms with E-state index in [0.717, 1.165) is 24.1 Å². The predicted molar refractivity (Wildman–Crippen MR) is 79.2 cm³/mol. The van der Waals surface area contributed by atoms with Gasteiger partial charge in [0.25, 0.3) is 5.56 Å². The van der Waals surface area contributed by atoms with Gasteiger partial charge < -0.3 is 0 Å². The monoisotopic (exact) mass is 293 g/mol. The lowest BCUT2D eigenvalue weighted by Crippen LogP contribution is -2.30. The number of rotatable bonds is 5. The quantitative estimate of drug-likeness (QED) is 0.676. The number of nitrogens with one attached hydrogen (secondary N) is 1. The second kappa shape index (κ2) is 6.52. The van der Waals surface area contributed by atoms with Gasteiger partial charge in [-0.2, -0.15) is 0 Å². The SMILES string of the molecule is Cc1ncccc1-c1cn(CCCCCl)c(=O)[nH]c1=O. The van der Waals surface area contributed by atoms with Crippen molar-refractivity contribution < 1.29 is 0 Å². The van der Waals surface area contributed by atoms with Crippen LogP contribution in [-0.2, 0) is 6.54 Å². The zero-order valence-corrected chi connectivity index (χ0v) is 12.0. The molecule has 0 saturated carbocycles. The number of aryl methyl sites for hydroxylation is 2. The van der Waals surface area contributed by atoms with Crippen LogP contribution in [0.3, 0.4) is 0 Å². The summed E-state index contributed by atoms with van der Waals surface area (Å²) >= 11 is 5.63. The second-order valence-corrected chi connectivity index (χ2v) is 4.91. The Balaban J connectivity index is 2.44. The van der Waals surface area contributed by atoms with Crippen molar-refractivity contribution in [2.75, 3.05) is 5.88 Å². The summed E-state index contributed by atoms with van der Waals surface area (Å²) in [4.78, 5) is 30.2. The lowest BCUT2D eigenvalue weighted by atomic mass is 10.1. The number of hydrogen-bond acceptors (Lipinski definition) is 3. The summed E-state index contributed by atoms with van der Waals surface area (Å²) in [6, 6.07) is 3.59. The molecule has 106 valence electrons. The maximum atomic E-state index is 12.0. The Kier molecular flexibility index (Phi) is 4.74. The van der Waals surface area contributed by atoms with Gasteiger partial charge in [0.2, 0.25) is 0 Å². The normalized spacial score (nSPS) is 10.7. The molecule has 1 N–H and O–H groups in total. The number of aromatic nitrogens is 3. The van der Waals surface area contributed by atoms with Gasteiger partial charge in [0.1, 0.15) is 0 Å². The first-order chi connectivity index (χ1) is 9.63. The van der Waals surface area contributed by atoms with E-state index in [9.17, 15) is 9.59 Å². The lowest BCUT2D eigenvalue weighted by molar-refractivity contribution is 0.599. The molecule has 2 heterocycles. The number of hydrogen-bond donors (Lipinski definition) is 1. The van der Waals surface area contributed by atoms with Gasteiger partial charge in [0, 0.05) is 36.1 Å². The van der Waals surface area contributed by atoms with Crippen LogP contribution in [0.4, 0.5) is 0 Å². The molecule has 6 heteroatoms. The molecule has 0 unspecified atom stereocenters. The third kappa shape index (κ3) is 3.17. The van der Waals surface area contributed by atoms with Crippen LogP contribution < -0.4 is 11.2 Å². The Morgan fingerprint density at radius 2 is 2.10 bits per heavy atom. The van der Waals surface area contributed by atoms with E-state index < -0.39 is 5.69 Å². The summed E-state index contributed by atoms with van der Waals surface area (Å²) in [6.07, 6.45) is 4.89. The first-order valence-electron chi connectivity index (χ1n) is 6.45. The molecule has 2 aromatic heterocycles. The van der Waals surface area contributed by atoms with E-state index in [-0.39, 0.29) is 5.56 Å². The Morgan fingerprint density at radius 3 is 2.80 bits per heavy atom. The average molecular weight is 294 g/mol. The maximum Gasteiger partial charge on any atom is 0.328 e. The van der Waals surface area contributed by atoms with Crippen LogP contribution in [0, 0.1) is 6.92 Å². The number of nitrogens with zero attached hydrogens (tertiary/aromatic N) is 2. The average Bonchev–Trinajstić information content (AvgIpc) is 2.42. The van der Waals surface area contributed by atoms with Crippen molar-refractivity contribution >= 4 is 11.6 Å². The summed E-state index contributed by atoms with van der Waals surface area (Å²) in [5.74, 6) is 0.562. The molecule has 0 fully saturated rings. The van der Waals surface area contributed by atoms with Crippen LogP contribution in [0.15, 0.2) is 34.1 Å². The van der Waals surface area contributed by atoms with Crippen molar-refractivity contribution in [2.24, 2.45) is 0 Å². The molecule has 0 radical (unpaired) electrons. The van der Waals surface area contributed by atoms with Gasteiger partial charge in [-0.3, -0.25) is 19.3 Å². The number of pyridine rings is 1. The van der Waals surface area contributed by atoms with Crippen LogP contribution in [0.2, 0.25) is 0 Å². The molecule has 0 spiro atoms. The van der Waals surface area contributed by atoms with Crippen molar-refractivity contribution in [1.29, 1.82) is 0 Å². The number of unbranched alkanes of at least 4 members (excludes halogenated alkanes) is 1. The van der Waals surface area contributed by atoms with Gasteiger partial charge in [-0.15, -0.1) is 11.6 Å². The van der Waals surface area contributed by atoms with Crippen LogP contribution in [-0.4, -0.2) is 20.4 Å². The molecule has 0 bridgehead atoms. The van der Waals surface area contributed by atoms with E-state index in [4.69, 9.17) is 11.6 Å². The number of alkyl halides is 1. The molecule has 5 nitrogen and oxygen atoms in total. The smallest absolute Gasteiger partial charge is 0.300 e. The predicted octanol–water partition coefficient (Wildman–Crippen LogP) is 1.93. The fraction of sp³-hybridized carbons (Fsp3) is 0.357. The van der Waals surface area contributed by atoms with Crippen LogP contribution in [0.25, 0.3) is 11.1 Å². The summed E-state index contributed by atoms with van der Waals surface area (Å²) in [7, 11) is 0. The summed E-state index contributed by atoms with van der Waals surface area (Å²) < 4.78 is 1.51. The van der Waals surface area contributed by atoms with Crippen molar-refractivity contribution in [3.8, 4) is 11.1 Å². The molecular formula is C14H16ClN3O2. The first kappa shape index (κ1) is 14.5. The highest BCUT2D eigenvalue weighted by molar-refractivity contribution is 6.17. The van der Waals surface area contributed by atoms with Gasteiger partial charge >= 0.3 is 5.69 Å². The van der Waals surface area contributed by atoms with Gasteiger partial charge in [0.05, 0.1) is 5.56 Å². The molecule has 0 aliphatic rings. The van der Waals surface area contributed by atoms with E-state index in [1.807, 2.05) is 13.0 Å². The van der Waals surface area contributed by atoms with Crippen LogP contribution in [0.5, 0.6) is 0 Å². The summed E-state index contributed by atoms with van der Waals surface area (Å²) in [5, 5.41) is 0. The van der Waals surface area contributed by atoms with Gasteiger partial charge in [-0.25, -0.2) is 4.79 Å². The fourth-order valence-electron chi connectivity index (χ4n) is 2.01. The minimum atomic E-state index is -0.394. The highest BCUT2D eigenvalue weighted by Gasteiger charge is 2.09. The van der Waals surface area contributed by atoms with E-state index in [0.29, 0.717) is 18.0 Å². The topological polar surface area (TPSA) is 67.8 Å². The number of halogens is 1. The van der Waals surface area contributed by atoms with Crippen molar-refractivity contribution in [1.82, 2.24) is 14.5 Å². The zero-order valence-electron chi connectivity index (χ0n) is 11.2. The van der Waals surface area contributed by atoms with E-state index in [1.165, 1.54) is 4.57 Å². The van der Waals surface area contributed by atoms with Crippen LogP contribution >= 0.6 is 11.6 Å². The van der Waals surface area contributed by atoms with Crippen molar-refractivity contribution in [2.45, 2.75) is 26.3 Å². The zero-order chi connectivity index (χ0) is 14.5. The van der Waals surface area contributed by atoms with Crippen molar-refractivity contribution in [3.05, 3.63) is 51.1 Å². The largest absolute Gasteiger partial charge is 0.328 e. The van der Waals surface area contributed by atoms with Crippen LogP contribution in [0.1, 0.15) is 18.5 Å². The first-order valence-corrected chi connectivity index (χ1v) is 6.98. The minimum Gasteiger partial charge on any atom is -0.300 e. The molecule has 2 aromatic rings. The molecule has 0 atom stereocenters. The molecule has 0 aromatic carbocycles. The van der Waals surface area contributed by atoms with Gasteiger partial charge in [-0.05, 0) is 25.8 Å². The molecule has 0 aliphatic heterocycles. The lowest BCUT2D eigenvalue weighted by Gasteiger charge is -2.08. The fourth-order valence-corrected chi connectivity index (χ4v) is 2.20. The highest BCUT2D eigenvalue weighted by Crippen LogP contribution is 2.16. The molecule has 0 amide bonds. The second-order valence-electron chi connectivity index (χ2n) is 4.53. The van der Waals surface area contributed by atoms with E-state index in [1.54, 1.807) is 18.5 Å². The van der Waals surface area contributed by atoms with Crippen molar-refractivity contribution in [3.63, 3.8) is 0 Å². The Morgan fingerprint density at radius 1 is 1.30 bits per heavy atom. The maximum absolute atomic E-state index is 12.0. The summed E-state index contributed by atoms with van der Waals surface area (Å²) in [5.41, 5.74) is 1.17. The molecule has 2 rings (SSSR count). The third-order valence-electron chi connectivity index (χ3n) is 3.09. The van der Waals surface area contributed by atoms with Gasteiger partial charge in [-0.1, -0.05) is 6.07 Å². The number of H-pyrrole nitrogens is 1. The standard InChI is InChI=1S/C14H16ClN3O2/c1-10-11(5-4-7-16-10)12-9-18(8-3-2-6-15)14(20)17-13(12)19/h4-5,7,9H,2-3,6,8H2,1H3,(H,17,19,20). The molecular weight excluding hydrogens is 278 g/mol.